The standard InChI is InChI=1S/C18H13F5N4O/c19-9-17(5-15(18(21,22)23)28-16(25)27-17)13-4-11(1-2-14(13)20)12-3-10(6-24)7-26-8-12/h1-4,7-8,15H,5,9H2,(H2,25,27). The highest BCUT2D eigenvalue weighted by atomic mass is 19.4. The first-order chi connectivity index (χ1) is 13.2. The maximum atomic E-state index is 14.5. The summed E-state index contributed by atoms with van der Waals surface area (Å²) in [7, 11) is 0. The molecule has 2 aromatic rings. The van der Waals surface area contributed by atoms with Gasteiger partial charge in [0.05, 0.1) is 5.56 Å². The fourth-order valence-corrected chi connectivity index (χ4v) is 3.01. The predicted octanol–water partition coefficient (Wildman–Crippen LogP) is 3.59. The summed E-state index contributed by atoms with van der Waals surface area (Å²) >= 11 is 0. The summed E-state index contributed by atoms with van der Waals surface area (Å²) < 4.78 is 72.4. The number of pyridine rings is 1. The van der Waals surface area contributed by atoms with Crippen molar-refractivity contribution in [3.05, 3.63) is 53.6 Å². The minimum Gasteiger partial charge on any atom is -0.452 e. The second kappa shape index (κ2) is 7.07. The molecular weight excluding hydrogens is 383 g/mol. The normalized spacial score (nSPS) is 22.1. The van der Waals surface area contributed by atoms with Gasteiger partial charge in [0.1, 0.15) is 24.1 Å². The average Bonchev–Trinajstić information content (AvgIpc) is 2.67. The van der Waals surface area contributed by atoms with Gasteiger partial charge in [-0.25, -0.2) is 13.8 Å². The quantitative estimate of drug-likeness (QED) is 0.804. The molecule has 0 spiro atoms. The first-order valence-corrected chi connectivity index (χ1v) is 7.99. The van der Waals surface area contributed by atoms with Crippen molar-refractivity contribution in [1.29, 1.82) is 5.26 Å². The molecule has 0 amide bonds. The van der Waals surface area contributed by atoms with Crippen LogP contribution in [0, 0.1) is 17.1 Å². The maximum Gasteiger partial charge on any atom is 0.425 e. The summed E-state index contributed by atoms with van der Waals surface area (Å²) in [5, 5.41) is 8.97. The lowest BCUT2D eigenvalue weighted by Gasteiger charge is -2.36. The van der Waals surface area contributed by atoms with E-state index < -0.39 is 48.3 Å². The third-order valence-electron chi connectivity index (χ3n) is 4.36. The zero-order valence-electron chi connectivity index (χ0n) is 14.2. The molecule has 10 heteroatoms. The summed E-state index contributed by atoms with van der Waals surface area (Å²) in [6.45, 7) is -1.42. The molecule has 0 saturated carbocycles. The summed E-state index contributed by atoms with van der Waals surface area (Å²) in [4.78, 5) is 7.57. The number of halogens is 5. The number of amidine groups is 1. The van der Waals surface area contributed by atoms with E-state index in [1.54, 1.807) is 0 Å². The van der Waals surface area contributed by atoms with Crippen molar-refractivity contribution >= 4 is 6.02 Å². The first kappa shape index (κ1) is 19.5. The topological polar surface area (TPSA) is 84.3 Å². The van der Waals surface area contributed by atoms with Gasteiger partial charge in [-0.3, -0.25) is 4.98 Å². The Kier molecular flexibility index (Phi) is 4.93. The van der Waals surface area contributed by atoms with Gasteiger partial charge in [-0.15, -0.1) is 0 Å². The second-order valence-electron chi connectivity index (χ2n) is 6.24. The molecule has 0 radical (unpaired) electrons. The zero-order chi connectivity index (χ0) is 20.5. The lowest BCUT2D eigenvalue weighted by atomic mass is 9.83. The SMILES string of the molecule is N#Cc1cncc(-c2ccc(F)c(C3(CF)CC(C(F)(F)F)OC(N)=N3)c2)c1. The van der Waals surface area contributed by atoms with Crippen LogP contribution < -0.4 is 5.73 Å². The monoisotopic (exact) mass is 396 g/mol. The van der Waals surface area contributed by atoms with Crippen molar-refractivity contribution in [2.24, 2.45) is 10.7 Å². The molecule has 5 nitrogen and oxygen atoms in total. The van der Waals surface area contributed by atoms with Gasteiger partial charge < -0.3 is 10.5 Å². The molecule has 1 aromatic carbocycles. The van der Waals surface area contributed by atoms with Crippen LogP contribution in [0.4, 0.5) is 22.0 Å². The van der Waals surface area contributed by atoms with Gasteiger partial charge in [0, 0.05) is 29.9 Å². The smallest absolute Gasteiger partial charge is 0.425 e. The van der Waals surface area contributed by atoms with Gasteiger partial charge >= 0.3 is 6.18 Å². The maximum absolute atomic E-state index is 14.5. The fraction of sp³-hybridized carbons (Fsp3) is 0.278. The minimum absolute atomic E-state index is 0.231. The number of nitrogens with zero attached hydrogens (tertiary/aromatic N) is 3. The summed E-state index contributed by atoms with van der Waals surface area (Å²) in [5.41, 5.74) is 3.73. The van der Waals surface area contributed by atoms with Crippen LogP contribution in [-0.4, -0.2) is 30.0 Å². The minimum atomic E-state index is -4.83. The number of aliphatic imine (C=N–C) groups is 1. The Morgan fingerprint density at radius 3 is 2.64 bits per heavy atom. The lowest BCUT2D eigenvalue weighted by Crippen LogP contribution is -2.48. The van der Waals surface area contributed by atoms with Gasteiger partial charge in [0.15, 0.2) is 6.10 Å². The van der Waals surface area contributed by atoms with Crippen LogP contribution in [0.25, 0.3) is 11.1 Å². The van der Waals surface area contributed by atoms with Crippen molar-refractivity contribution in [3.8, 4) is 17.2 Å². The van der Waals surface area contributed by atoms with Gasteiger partial charge in [0.2, 0.25) is 0 Å². The third kappa shape index (κ3) is 3.60. The summed E-state index contributed by atoms with van der Waals surface area (Å²) in [6.07, 6.45) is -5.52. The number of alkyl halides is 4. The van der Waals surface area contributed by atoms with Crippen LogP contribution in [0.1, 0.15) is 17.5 Å². The third-order valence-corrected chi connectivity index (χ3v) is 4.36. The van der Waals surface area contributed by atoms with Crippen molar-refractivity contribution in [3.63, 3.8) is 0 Å². The molecule has 2 N–H and O–H groups in total. The van der Waals surface area contributed by atoms with Crippen LogP contribution in [0.3, 0.4) is 0 Å². The Morgan fingerprint density at radius 1 is 1.25 bits per heavy atom. The lowest BCUT2D eigenvalue weighted by molar-refractivity contribution is -0.209. The van der Waals surface area contributed by atoms with Gasteiger partial charge in [-0.2, -0.15) is 18.4 Å². The highest BCUT2D eigenvalue weighted by molar-refractivity contribution is 5.74. The van der Waals surface area contributed by atoms with E-state index in [1.807, 2.05) is 6.07 Å². The number of rotatable bonds is 3. The molecule has 2 unspecified atom stereocenters. The van der Waals surface area contributed by atoms with E-state index in [9.17, 15) is 22.0 Å². The zero-order valence-corrected chi connectivity index (χ0v) is 14.2. The van der Waals surface area contributed by atoms with Crippen LogP contribution in [0.5, 0.6) is 0 Å². The fourth-order valence-electron chi connectivity index (χ4n) is 3.01. The molecular formula is C18H13F5N4O. The van der Waals surface area contributed by atoms with Crippen molar-refractivity contribution in [2.45, 2.75) is 24.2 Å². The molecule has 0 bridgehead atoms. The van der Waals surface area contributed by atoms with Gasteiger partial charge in [0.25, 0.3) is 6.02 Å². The molecule has 3 rings (SSSR count). The number of nitriles is 1. The van der Waals surface area contributed by atoms with Gasteiger partial charge in [-0.1, -0.05) is 6.07 Å². The van der Waals surface area contributed by atoms with E-state index in [0.717, 1.165) is 6.07 Å². The van der Waals surface area contributed by atoms with E-state index in [0.29, 0.717) is 11.1 Å². The van der Waals surface area contributed by atoms with E-state index in [2.05, 4.69) is 14.7 Å². The molecule has 0 fully saturated rings. The number of benzene rings is 1. The van der Waals surface area contributed by atoms with Crippen molar-refractivity contribution < 1.29 is 26.7 Å². The van der Waals surface area contributed by atoms with Gasteiger partial charge in [-0.05, 0) is 23.8 Å². The van der Waals surface area contributed by atoms with Crippen LogP contribution in [-0.2, 0) is 10.3 Å². The second-order valence-corrected chi connectivity index (χ2v) is 6.24. The Labute approximate surface area is 156 Å². The predicted molar refractivity (Wildman–Crippen MR) is 89.2 cm³/mol. The Balaban J connectivity index is 2.13. The van der Waals surface area contributed by atoms with Crippen molar-refractivity contribution in [1.82, 2.24) is 4.98 Å². The highest BCUT2D eigenvalue weighted by Crippen LogP contribution is 2.42. The summed E-state index contributed by atoms with van der Waals surface area (Å²) in [6, 6.07) is 6.01. The van der Waals surface area contributed by atoms with E-state index in [4.69, 9.17) is 11.0 Å². The van der Waals surface area contributed by atoms with Crippen LogP contribution in [0.2, 0.25) is 0 Å². The largest absolute Gasteiger partial charge is 0.452 e. The van der Waals surface area contributed by atoms with E-state index in [-0.39, 0.29) is 5.56 Å². The molecule has 0 saturated heterocycles. The molecule has 2 heterocycles. The molecule has 146 valence electrons. The number of aromatic nitrogens is 1. The Hall–Kier alpha value is -3.22. The van der Waals surface area contributed by atoms with E-state index >= 15 is 0 Å². The van der Waals surface area contributed by atoms with Crippen LogP contribution >= 0.6 is 0 Å². The van der Waals surface area contributed by atoms with E-state index in [1.165, 1.54) is 30.6 Å². The van der Waals surface area contributed by atoms with Crippen LogP contribution in [0.15, 0.2) is 41.7 Å². The number of ether oxygens (including phenoxy) is 1. The first-order valence-electron chi connectivity index (χ1n) is 7.99. The molecule has 2 atom stereocenters. The molecule has 0 aliphatic carbocycles. The molecule has 28 heavy (non-hydrogen) atoms. The average molecular weight is 396 g/mol. The van der Waals surface area contributed by atoms with Crippen molar-refractivity contribution in [2.75, 3.05) is 6.67 Å². The number of hydrogen-bond donors (Lipinski definition) is 1. The number of nitrogens with two attached hydrogens (primary N) is 1. The molecule has 1 aliphatic heterocycles. The Morgan fingerprint density at radius 2 is 2.00 bits per heavy atom. The number of hydrogen-bond acceptors (Lipinski definition) is 5. The summed E-state index contributed by atoms with van der Waals surface area (Å²) in [5.74, 6) is -0.940. The Bertz CT molecular complexity index is 969. The molecule has 1 aromatic heterocycles. The highest BCUT2D eigenvalue weighted by Gasteiger charge is 2.52. The molecule has 1 aliphatic rings.